The van der Waals surface area contributed by atoms with Crippen molar-refractivity contribution >= 4 is 5.91 Å². The third-order valence-electron chi connectivity index (χ3n) is 6.20. The van der Waals surface area contributed by atoms with Gasteiger partial charge in [-0.15, -0.1) is 0 Å². The number of hydrogen-bond acceptors (Lipinski definition) is 7. The van der Waals surface area contributed by atoms with Crippen LogP contribution in [-0.4, -0.2) is 60.1 Å². The Bertz CT molecular complexity index is 934. The normalized spacial score (nSPS) is 26.9. The fraction of sp³-hybridized carbons (Fsp3) is 0.455. The molecule has 0 bridgehead atoms. The van der Waals surface area contributed by atoms with E-state index in [1.165, 1.54) is 0 Å². The van der Waals surface area contributed by atoms with E-state index >= 15 is 0 Å². The standard InChI is InChI=1S/C22H24N2O6/c1-27-21-5-2-13(9-23-21)22(26)24-10-14-6-17(25)19(7-15(14)11-24)30-16-3-4-18-20(8-16)29-12-28-18/h2-5,8-9,14-15,17,19,25H,6-7,10-12H2,1H3/t14-,15+,17+,19+/m0/s1. The highest BCUT2D eigenvalue weighted by Gasteiger charge is 2.44. The Labute approximate surface area is 174 Å². The second-order valence-electron chi connectivity index (χ2n) is 8.03. The van der Waals surface area contributed by atoms with Gasteiger partial charge in [0.15, 0.2) is 11.5 Å². The van der Waals surface area contributed by atoms with Crippen LogP contribution in [0.25, 0.3) is 0 Å². The van der Waals surface area contributed by atoms with Gasteiger partial charge >= 0.3 is 0 Å². The van der Waals surface area contributed by atoms with Gasteiger partial charge in [0.25, 0.3) is 5.91 Å². The molecule has 2 aromatic rings. The lowest BCUT2D eigenvalue weighted by atomic mass is 9.78. The van der Waals surface area contributed by atoms with Crippen LogP contribution in [0.4, 0.5) is 0 Å². The highest BCUT2D eigenvalue weighted by atomic mass is 16.7. The average Bonchev–Trinajstić information content (AvgIpc) is 3.39. The molecule has 3 aliphatic rings. The number of methoxy groups -OCH3 is 1. The van der Waals surface area contributed by atoms with E-state index in [-0.39, 0.29) is 24.7 Å². The summed E-state index contributed by atoms with van der Waals surface area (Å²) in [5.74, 6) is 3.01. The minimum Gasteiger partial charge on any atom is -0.488 e. The molecular formula is C22H24N2O6. The van der Waals surface area contributed by atoms with Crippen LogP contribution in [0.5, 0.6) is 23.1 Å². The van der Waals surface area contributed by atoms with E-state index in [0.717, 1.165) is 0 Å². The van der Waals surface area contributed by atoms with E-state index in [4.69, 9.17) is 18.9 Å². The first-order valence-electron chi connectivity index (χ1n) is 10.1. The summed E-state index contributed by atoms with van der Waals surface area (Å²) in [5.41, 5.74) is 0.545. The Hall–Kier alpha value is -3.00. The van der Waals surface area contributed by atoms with Gasteiger partial charge < -0.3 is 29.0 Å². The van der Waals surface area contributed by atoms with Crippen molar-refractivity contribution in [2.75, 3.05) is 27.0 Å². The maximum atomic E-state index is 12.9. The molecule has 2 aliphatic heterocycles. The van der Waals surface area contributed by atoms with Gasteiger partial charge in [-0.3, -0.25) is 4.79 Å². The van der Waals surface area contributed by atoms with Crippen LogP contribution in [0, 0.1) is 11.8 Å². The molecule has 4 atom stereocenters. The number of hydrogen-bond donors (Lipinski definition) is 1. The Balaban J connectivity index is 1.24. The SMILES string of the molecule is COc1ccc(C(=O)N2C[C@H]3C[C@@H](Oc4ccc5c(c4)OCO5)[C@H](O)C[C@H]3C2)cn1. The summed E-state index contributed by atoms with van der Waals surface area (Å²) < 4.78 is 21.9. The van der Waals surface area contributed by atoms with Crippen molar-refractivity contribution in [1.29, 1.82) is 0 Å². The molecule has 5 rings (SSSR count). The largest absolute Gasteiger partial charge is 0.488 e. The van der Waals surface area contributed by atoms with Crippen LogP contribution >= 0.6 is 0 Å². The van der Waals surface area contributed by atoms with Gasteiger partial charge in [0.05, 0.1) is 18.8 Å². The Morgan fingerprint density at radius 1 is 1.13 bits per heavy atom. The Morgan fingerprint density at radius 2 is 1.93 bits per heavy atom. The van der Waals surface area contributed by atoms with Crippen LogP contribution in [0.2, 0.25) is 0 Å². The fourth-order valence-electron chi connectivity index (χ4n) is 4.62. The zero-order valence-electron chi connectivity index (χ0n) is 16.7. The lowest BCUT2D eigenvalue weighted by molar-refractivity contribution is -0.0232. The van der Waals surface area contributed by atoms with E-state index in [1.54, 1.807) is 31.5 Å². The quantitative estimate of drug-likeness (QED) is 0.823. The second kappa shape index (κ2) is 7.68. The summed E-state index contributed by atoms with van der Waals surface area (Å²) in [6, 6.07) is 8.86. The minimum absolute atomic E-state index is 0.0396. The van der Waals surface area contributed by atoms with E-state index < -0.39 is 6.10 Å². The van der Waals surface area contributed by atoms with E-state index in [2.05, 4.69) is 4.98 Å². The number of aliphatic hydroxyl groups excluding tert-OH is 1. The molecule has 1 saturated carbocycles. The van der Waals surface area contributed by atoms with E-state index in [1.807, 2.05) is 17.0 Å². The Morgan fingerprint density at radius 3 is 2.70 bits per heavy atom. The number of rotatable bonds is 4. The van der Waals surface area contributed by atoms with Crippen molar-refractivity contribution < 1.29 is 28.8 Å². The van der Waals surface area contributed by atoms with Crippen molar-refractivity contribution in [2.45, 2.75) is 25.0 Å². The number of benzene rings is 1. The molecule has 1 amide bonds. The summed E-state index contributed by atoms with van der Waals surface area (Å²) in [6.45, 7) is 1.51. The van der Waals surface area contributed by atoms with Crippen LogP contribution in [0.15, 0.2) is 36.5 Å². The number of carbonyl (C=O) groups is 1. The first kappa shape index (κ1) is 19.0. The number of aliphatic hydroxyl groups is 1. The topological polar surface area (TPSA) is 90.4 Å². The number of fused-ring (bicyclic) bond motifs is 2. The maximum Gasteiger partial charge on any atom is 0.255 e. The van der Waals surface area contributed by atoms with Gasteiger partial charge in [0.2, 0.25) is 12.7 Å². The van der Waals surface area contributed by atoms with Crippen LogP contribution in [0.1, 0.15) is 23.2 Å². The average molecular weight is 412 g/mol. The zero-order chi connectivity index (χ0) is 20.7. The third-order valence-corrected chi connectivity index (χ3v) is 6.20. The summed E-state index contributed by atoms with van der Waals surface area (Å²) in [4.78, 5) is 18.9. The molecule has 3 heterocycles. The predicted octanol–water partition coefficient (Wildman–Crippen LogP) is 2.11. The molecule has 1 saturated heterocycles. The summed E-state index contributed by atoms with van der Waals surface area (Å²) in [7, 11) is 1.54. The van der Waals surface area contributed by atoms with E-state index in [0.29, 0.717) is 60.5 Å². The third kappa shape index (κ3) is 3.52. The molecule has 8 nitrogen and oxygen atoms in total. The summed E-state index contributed by atoms with van der Waals surface area (Å²) in [5, 5.41) is 10.7. The van der Waals surface area contributed by atoms with E-state index in [9.17, 15) is 9.90 Å². The lowest BCUT2D eigenvalue weighted by Gasteiger charge is -2.35. The molecule has 158 valence electrons. The summed E-state index contributed by atoms with van der Waals surface area (Å²) >= 11 is 0. The van der Waals surface area contributed by atoms with Crippen molar-refractivity contribution in [2.24, 2.45) is 11.8 Å². The van der Waals surface area contributed by atoms with Gasteiger partial charge in [0.1, 0.15) is 11.9 Å². The number of aromatic nitrogens is 1. The number of nitrogens with zero attached hydrogens (tertiary/aromatic N) is 2. The Kier molecular flexibility index (Phi) is 4.86. The number of likely N-dealkylation sites (tertiary alicyclic amines) is 1. The highest BCUT2D eigenvalue weighted by Crippen LogP contribution is 2.40. The molecular weight excluding hydrogens is 388 g/mol. The van der Waals surface area contributed by atoms with Gasteiger partial charge in [-0.1, -0.05) is 0 Å². The zero-order valence-corrected chi connectivity index (χ0v) is 16.7. The van der Waals surface area contributed by atoms with Gasteiger partial charge in [0, 0.05) is 31.4 Å². The van der Waals surface area contributed by atoms with Crippen molar-refractivity contribution in [3.8, 4) is 23.1 Å². The predicted molar refractivity (Wildman–Crippen MR) is 106 cm³/mol. The monoisotopic (exact) mass is 412 g/mol. The molecule has 0 spiro atoms. The molecule has 1 aromatic carbocycles. The van der Waals surface area contributed by atoms with Crippen LogP contribution < -0.4 is 18.9 Å². The van der Waals surface area contributed by atoms with Gasteiger partial charge in [-0.05, 0) is 42.9 Å². The van der Waals surface area contributed by atoms with Crippen molar-refractivity contribution in [3.05, 3.63) is 42.1 Å². The highest BCUT2D eigenvalue weighted by molar-refractivity contribution is 5.94. The molecule has 30 heavy (non-hydrogen) atoms. The number of pyridine rings is 1. The smallest absolute Gasteiger partial charge is 0.255 e. The number of ether oxygens (including phenoxy) is 4. The maximum absolute atomic E-state index is 12.9. The molecule has 8 heteroatoms. The number of amides is 1. The molecule has 2 fully saturated rings. The molecule has 1 N–H and O–H groups in total. The van der Waals surface area contributed by atoms with Crippen LogP contribution in [-0.2, 0) is 0 Å². The lowest BCUT2D eigenvalue weighted by Crippen LogP contribution is -2.42. The number of carbonyl (C=O) groups excluding carboxylic acids is 1. The summed E-state index contributed by atoms with van der Waals surface area (Å²) in [6.07, 6.45) is 1.97. The van der Waals surface area contributed by atoms with Crippen LogP contribution in [0.3, 0.4) is 0 Å². The molecule has 0 radical (unpaired) electrons. The van der Waals surface area contributed by atoms with Gasteiger partial charge in [-0.2, -0.15) is 0 Å². The second-order valence-corrected chi connectivity index (χ2v) is 8.03. The fourth-order valence-corrected chi connectivity index (χ4v) is 4.62. The molecule has 0 unspecified atom stereocenters. The van der Waals surface area contributed by atoms with Crippen molar-refractivity contribution in [1.82, 2.24) is 9.88 Å². The first-order valence-corrected chi connectivity index (χ1v) is 10.1. The minimum atomic E-state index is -0.575. The van der Waals surface area contributed by atoms with Gasteiger partial charge in [-0.25, -0.2) is 4.98 Å². The first-order chi connectivity index (χ1) is 14.6. The molecule has 1 aliphatic carbocycles. The molecule has 1 aromatic heterocycles. The van der Waals surface area contributed by atoms with Crippen molar-refractivity contribution in [3.63, 3.8) is 0 Å².